The molecular weight excluding hydrogens is 490 g/mol. The zero-order valence-corrected chi connectivity index (χ0v) is 20.8. The van der Waals surface area contributed by atoms with Crippen molar-refractivity contribution in [1.82, 2.24) is 19.1 Å². The van der Waals surface area contributed by atoms with E-state index in [-0.39, 0.29) is 16.6 Å². The molecule has 5 N–H and O–H groups in total. The molecule has 10 nitrogen and oxygen atoms in total. The molecule has 0 aliphatic heterocycles. The number of nitrogens with zero attached hydrogens (tertiary/aromatic N) is 4. The van der Waals surface area contributed by atoms with Gasteiger partial charge in [-0.2, -0.15) is 0 Å². The second kappa shape index (κ2) is 8.80. The minimum Gasteiger partial charge on any atom is -0.384 e. The maximum atomic E-state index is 13.8. The first-order chi connectivity index (χ1) is 17.6. The Kier molecular flexibility index (Phi) is 5.73. The highest BCUT2D eigenvalue weighted by Crippen LogP contribution is 2.30. The smallest absolute Gasteiger partial charge is 0.282 e. The van der Waals surface area contributed by atoms with Crippen LogP contribution in [-0.4, -0.2) is 39.3 Å². The number of aromatic nitrogens is 4. The molecule has 0 radical (unpaired) electrons. The lowest BCUT2D eigenvalue weighted by Crippen LogP contribution is -2.18. The monoisotopic (exact) mass is 513 g/mol. The molecule has 3 aromatic carbocycles. The molecule has 11 heteroatoms. The van der Waals surface area contributed by atoms with Crippen molar-refractivity contribution in [2.24, 2.45) is 10.9 Å². The molecular formula is C26H23N7O3S. The first kappa shape index (κ1) is 24.1. The molecule has 0 unspecified atom stereocenters. The van der Waals surface area contributed by atoms with Crippen molar-refractivity contribution < 1.29 is 13.2 Å². The van der Waals surface area contributed by atoms with Crippen LogP contribution in [-0.2, 0) is 10.0 Å². The fraction of sp³-hybridized carbons (Fsp3) is 0.0769. The lowest BCUT2D eigenvalue weighted by atomic mass is 10.1. The SMILES string of the molecule is Cc1ncc(C(=O)n2c(C)nc3cc(-c4ccccc4S(N)(=O)=O)ccc32)n1-c1cccc(C(=N)N)c1. The summed E-state index contributed by atoms with van der Waals surface area (Å²) in [6, 6.07) is 18.7. The summed E-state index contributed by atoms with van der Waals surface area (Å²) >= 11 is 0. The van der Waals surface area contributed by atoms with Crippen LogP contribution in [0.5, 0.6) is 0 Å². The summed E-state index contributed by atoms with van der Waals surface area (Å²) in [7, 11) is -3.94. The number of primary sulfonamides is 1. The van der Waals surface area contributed by atoms with Crippen LogP contribution < -0.4 is 10.9 Å². The summed E-state index contributed by atoms with van der Waals surface area (Å²) in [4.78, 5) is 22.7. The Labute approximate surface area is 212 Å². The number of nitrogen functional groups attached to an aromatic ring is 1. The van der Waals surface area contributed by atoms with Gasteiger partial charge in [0, 0.05) is 16.8 Å². The zero-order valence-electron chi connectivity index (χ0n) is 20.0. The second-order valence-corrected chi connectivity index (χ2v) is 10.1. The van der Waals surface area contributed by atoms with Gasteiger partial charge in [0.1, 0.15) is 23.2 Å². The second-order valence-electron chi connectivity index (χ2n) is 8.53. The van der Waals surface area contributed by atoms with E-state index in [9.17, 15) is 13.2 Å². The molecule has 0 aliphatic rings. The molecule has 0 spiro atoms. The predicted octanol–water partition coefficient (Wildman–Crippen LogP) is 3.13. The number of nitrogens with one attached hydrogen (secondary N) is 1. The van der Waals surface area contributed by atoms with Crippen LogP contribution in [0.3, 0.4) is 0 Å². The normalized spacial score (nSPS) is 11.6. The predicted molar refractivity (Wildman–Crippen MR) is 140 cm³/mol. The van der Waals surface area contributed by atoms with Crippen molar-refractivity contribution in [3.05, 3.63) is 95.8 Å². The lowest BCUT2D eigenvalue weighted by molar-refractivity contribution is 0.0955. The number of nitrogens with two attached hydrogens (primary N) is 2. The molecule has 0 saturated carbocycles. The van der Waals surface area contributed by atoms with E-state index in [2.05, 4.69) is 9.97 Å². The topological polar surface area (TPSA) is 163 Å². The maximum absolute atomic E-state index is 13.8. The van der Waals surface area contributed by atoms with E-state index < -0.39 is 10.0 Å². The number of rotatable bonds is 5. The van der Waals surface area contributed by atoms with Crippen molar-refractivity contribution in [2.75, 3.05) is 0 Å². The first-order valence-electron chi connectivity index (χ1n) is 11.2. The van der Waals surface area contributed by atoms with Crippen molar-refractivity contribution in [2.45, 2.75) is 18.7 Å². The molecule has 0 atom stereocenters. The number of fused-ring (bicyclic) bond motifs is 1. The van der Waals surface area contributed by atoms with Gasteiger partial charge in [-0.1, -0.05) is 36.4 Å². The van der Waals surface area contributed by atoms with E-state index in [1.807, 2.05) is 6.07 Å². The highest BCUT2D eigenvalue weighted by molar-refractivity contribution is 7.89. The summed E-state index contributed by atoms with van der Waals surface area (Å²) < 4.78 is 27.4. The van der Waals surface area contributed by atoms with Gasteiger partial charge in [0.2, 0.25) is 10.0 Å². The number of imidazole rings is 2. The standard InChI is InChI=1S/C26H23N7O3S/c1-15-30-14-23(32(15)19-7-5-6-18(12-19)25(27)28)26(34)33-16(2)31-21-13-17(10-11-22(21)33)20-8-3-4-9-24(20)37(29,35)36/h3-14H,1-2H3,(H3,27,28)(H2,29,35,36). The van der Waals surface area contributed by atoms with Crippen LogP contribution in [0.25, 0.3) is 27.8 Å². The molecule has 0 saturated heterocycles. The fourth-order valence-corrected chi connectivity index (χ4v) is 5.19. The highest BCUT2D eigenvalue weighted by atomic mass is 32.2. The Bertz CT molecular complexity index is 1830. The van der Waals surface area contributed by atoms with Crippen LogP contribution in [0, 0.1) is 19.3 Å². The molecule has 0 bridgehead atoms. The van der Waals surface area contributed by atoms with Gasteiger partial charge in [0.15, 0.2) is 0 Å². The van der Waals surface area contributed by atoms with E-state index in [0.717, 1.165) is 0 Å². The van der Waals surface area contributed by atoms with Gasteiger partial charge in [-0.15, -0.1) is 0 Å². The lowest BCUT2D eigenvalue weighted by Gasteiger charge is -2.12. The van der Waals surface area contributed by atoms with Crippen molar-refractivity contribution in [3.63, 3.8) is 0 Å². The maximum Gasteiger partial charge on any atom is 0.282 e. The number of hydrogen-bond acceptors (Lipinski definition) is 6. The van der Waals surface area contributed by atoms with Crippen molar-refractivity contribution in [3.8, 4) is 16.8 Å². The number of carbonyl (C=O) groups excluding carboxylic acids is 1. The summed E-state index contributed by atoms with van der Waals surface area (Å²) in [5.41, 5.74) is 9.28. The fourth-order valence-electron chi connectivity index (χ4n) is 4.43. The third kappa shape index (κ3) is 4.20. The highest BCUT2D eigenvalue weighted by Gasteiger charge is 2.23. The molecule has 0 fully saturated rings. The Balaban J connectivity index is 1.62. The van der Waals surface area contributed by atoms with Crippen molar-refractivity contribution >= 4 is 32.8 Å². The number of amidine groups is 1. The van der Waals surface area contributed by atoms with Gasteiger partial charge in [0.25, 0.3) is 5.91 Å². The van der Waals surface area contributed by atoms with Crippen LogP contribution in [0.1, 0.15) is 27.7 Å². The largest absolute Gasteiger partial charge is 0.384 e. The molecule has 2 aromatic heterocycles. The molecule has 5 aromatic rings. The molecule has 186 valence electrons. The van der Waals surface area contributed by atoms with E-state index in [0.29, 0.717) is 50.8 Å². The summed E-state index contributed by atoms with van der Waals surface area (Å²) in [6.07, 6.45) is 1.50. The minimum absolute atomic E-state index is 0.00810. The first-order valence-corrected chi connectivity index (χ1v) is 12.8. The average molecular weight is 514 g/mol. The van der Waals surface area contributed by atoms with Gasteiger partial charge >= 0.3 is 0 Å². The molecule has 0 aliphatic carbocycles. The summed E-state index contributed by atoms with van der Waals surface area (Å²) in [5, 5.41) is 13.2. The van der Waals surface area contributed by atoms with Gasteiger partial charge in [-0.3, -0.25) is 19.3 Å². The molecule has 0 amide bonds. The average Bonchev–Trinajstić information content (AvgIpc) is 3.41. The van der Waals surface area contributed by atoms with Crippen LogP contribution >= 0.6 is 0 Å². The minimum atomic E-state index is -3.94. The number of carbonyl (C=O) groups is 1. The Hall–Kier alpha value is -4.61. The molecule has 2 heterocycles. The van der Waals surface area contributed by atoms with E-state index >= 15 is 0 Å². The third-order valence-corrected chi connectivity index (χ3v) is 7.07. The van der Waals surface area contributed by atoms with Crippen molar-refractivity contribution in [1.29, 1.82) is 5.41 Å². The van der Waals surface area contributed by atoms with Crippen LogP contribution in [0.2, 0.25) is 0 Å². The van der Waals surface area contributed by atoms with E-state index in [1.165, 1.54) is 16.8 Å². The Morgan fingerprint density at radius 2 is 1.73 bits per heavy atom. The third-order valence-electron chi connectivity index (χ3n) is 6.10. The Morgan fingerprint density at radius 1 is 0.973 bits per heavy atom. The Morgan fingerprint density at radius 3 is 2.46 bits per heavy atom. The van der Waals surface area contributed by atoms with Gasteiger partial charge in [-0.05, 0) is 49.7 Å². The molecule has 37 heavy (non-hydrogen) atoms. The van der Waals surface area contributed by atoms with Gasteiger partial charge in [-0.25, -0.2) is 23.5 Å². The van der Waals surface area contributed by atoms with Crippen LogP contribution in [0.4, 0.5) is 0 Å². The van der Waals surface area contributed by atoms with E-state index in [1.54, 1.807) is 73.0 Å². The summed E-state index contributed by atoms with van der Waals surface area (Å²) in [5.74, 6) is 0.628. The number of hydrogen-bond donors (Lipinski definition) is 3. The number of sulfonamides is 1. The summed E-state index contributed by atoms with van der Waals surface area (Å²) in [6.45, 7) is 3.51. The van der Waals surface area contributed by atoms with E-state index in [4.69, 9.17) is 16.3 Å². The number of aryl methyl sites for hydroxylation is 2. The van der Waals surface area contributed by atoms with Crippen LogP contribution in [0.15, 0.2) is 77.8 Å². The van der Waals surface area contributed by atoms with Gasteiger partial charge in [0.05, 0.1) is 22.1 Å². The zero-order chi connectivity index (χ0) is 26.5. The van der Waals surface area contributed by atoms with Gasteiger partial charge < -0.3 is 5.73 Å². The molecule has 5 rings (SSSR count). The quantitative estimate of drug-likeness (QED) is 0.241. The number of benzene rings is 3.